The number of nitrogens with one attached hydrogen (secondary N) is 1. The van der Waals surface area contributed by atoms with Crippen molar-refractivity contribution in [2.75, 3.05) is 25.4 Å². The smallest absolute Gasteiger partial charge is 0.241 e. The lowest BCUT2D eigenvalue weighted by Crippen LogP contribution is -2.51. The number of fused-ring (bicyclic) bond motifs is 1. The van der Waals surface area contributed by atoms with Gasteiger partial charge in [-0.3, -0.25) is 4.79 Å². The minimum Gasteiger partial charge on any atom is -0.396 e. The molecule has 3 aromatic rings. The van der Waals surface area contributed by atoms with Crippen LogP contribution in [0.5, 0.6) is 0 Å². The maximum atomic E-state index is 13.4. The maximum Gasteiger partial charge on any atom is 0.241 e. The Kier molecular flexibility index (Phi) is 7.02. The summed E-state index contributed by atoms with van der Waals surface area (Å²) in [5, 5.41) is 10.8. The van der Waals surface area contributed by atoms with Gasteiger partial charge in [0.15, 0.2) is 0 Å². The number of nitrogens with two attached hydrogens (primary N) is 1. The van der Waals surface area contributed by atoms with Crippen molar-refractivity contribution in [1.29, 1.82) is 0 Å². The van der Waals surface area contributed by atoms with Crippen LogP contribution in [-0.4, -0.2) is 54.6 Å². The van der Waals surface area contributed by atoms with Gasteiger partial charge < -0.3 is 20.3 Å². The van der Waals surface area contributed by atoms with Crippen molar-refractivity contribution in [2.24, 2.45) is 5.92 Å². The number of hydrogen-bond donors (Lipinski definition) is 3. The summed E-state index contributed by atoms with van der Waals surface area (Å²) >= 11 is 0. The van der Waals surface area contributed by atoms with Crippen LogP contribution in [0.2, 0.25) is 0 Å². The van der Waals surface area contributed by atoms with Gasteiger partial charge in [-0.25, -0.2) is 8.42 Å². The van der Waals surface area contributed by atoms with E-state index >= 15 is 0 Å². The number of amides is 1. The van der Waals surface area contributed by atoms with Gasteiger partial charge in [0, 0.05) is 37.8 Å². The molecule has 1 fully saturated rings. The van der Waals surface area contributed by atoms with Crippen LogP contribution < -0.4 is 10.5 Å². The summed E-state index contributed by atoms with van der Waals surface area (Å²) < 4.78 is 31.3. The number of nitrogens with zero attached hydrogens (tertiary/aromatic N) is 2. The third kappa shape index (κ3) is 5.21. The van der Waals surface area contributed by atoms with Crippen molar-refractivity contribution in [3.05, 3.63) is 60.8 Å². The fourth-order valence-corrected chi connectivity index (χ4v) is 5.82. The molecule has 1 unspecified atom stereocenters. The first-order chi connectivity index (χ1) is 15.9. The Morgan fingerprint density at radius 1 is 1.09 bits per heavy atom. The van der Waals surface area contributed by atoms with Crippen molar-refractivity contribution in [1.82, 2.24) is 14.2 Å². The molecule has 2 aromatic carbocycles. The van der Waals surface area contributed by atoms with E-state index < -0.39 is 16.1 Å². The van der Waals surface area contributed by atoms with Crippen molar-refractivity contribution >= 4 is 32.5 Å². The van der Waals surface area contributed by atoms with Crippen LogP contribution in [0.4, 0.5) is 5.82 Å². The van der Waals surface area contributed by atoms with Crippen LogP contribution in [-0.2, 0) is 21.4 Å². The number of rotatable bonds is 8. The number of hydrogen-bond acceptors (Lipinski definition) is 5. The Labute approximate surface area is 194 Å². The predicted molar refractivity (Wildman–Crippen MR) is 128 cm³/mol. The molecule has 0 bridgehead atoms. The van der Waals surface area contributed by atoms with Crippen LogP contribution in [0.15, 0.2) is 65.7 Å². The van der Waals surface area contributed by atoms with Gasteiger partial charge >= 0.3 is 0 Å². The minimum absolute atomic E-state index is 0.103. The number of aromatic nitrogens is 1. The summed E-state index contributed by atoms with van der Waals surface area (Å²) in [4.78, 5) is 15.3. The molecule has 4 N–H and O–H groups in total. The number of benzene rings is 2. The van der Waals surface area contributed by atoms with Gasteiger partial charge in [-0.15, -0.1) is 0 Å². The Bertz CT molecular complexity index is 1210. The van der Waals surface area contributed by atoms with E-state index in [2.05, 4.69) is 4.72 Å². The fraction of sp³-hybridized carbons (Fsp3) is 0.375. The van der Waals surface area contributed by atoms with Crippen LogP contribution in [0.25, 0.3) is 10.8 Å². The highest BCUT2D eigenvalue weighted by Crippen LogP contribution is 2.24. The van der Waals surface area contributed by atoms with E-state index in [4.69, 9.17) is 5.73 Å². The fourth-order valence-electron chi connectivity index (χ4n) is 4.37. The predicted octanol–water partition coefficient (Wildman–Crippen LogP) is 2.19. The monoisotopic (exact) mass is 470 g/mol. The third-order valence-electron chi connectivity index (χ3n) is 6.34. The van der Waals surface area contributed by atoms with Gasteiger partial charge in [0.05, 0.1) is 4.90 Å². The third-order valence-corrected chi connectivity index (χ3v) is 7.87. The van der Waals surface area contributed by atoms with Gasteiger partial charge in [0.25, 0.3) is 0 Å². The highest BCUT2D eigenvalue weighted by Gasteiger charge is 2.32. The number of aliphatic hydroxyl groups excluding tert-OH is 1. The lowest BCUT2D eigenvalue weighted by Gasteiger charge is -2.34. The Balaban J connectivity index is 1.59. The molecular formula is C24H30N4O4S. The molecular weight excluding hydrogens is 440 g/mol. The number of aryl methyl sites for hydroxylation is 1. The van der Waals surface area contributed by atoms with Gasteiger partial charge in [0.1, 0.15) is 11.9 Å². The van der Waals surface area contributed by atoms with Gasteiger partial charge in [0.2, 0.25) is 15.9 Å². The zero-order valence-electron chi connectivity index (χ0n) is 18.4. The van der Waals surface area contributed by atoms with Gasteiger partial charge in [-0.2, -0.15) is 4.72 Å². The van der Waals surface area contributed by atoms with Crippen molar-refractivity contribution < 1.29 is 18.3 Å². The first-order valence-corrected chi connectivity index (χ1v) is 12.7. The summed E-state index contributed by atoms with van der Waals surface area (Å²) in [7, 11) is -3.96. The summed E-state index contributed by atoms with van der Waals surface area (Å²) in [6, 6.07) is 15.0. The van der Waals surface area contributed by atoms with E-state index in [1.807, 2.05) is 30.5 Å². The van der Waals surface area contributed by atoms with E-state index in [0.29, 0.717) is 43.7 Å². The van der Waals surface area contributed by atoms with Crippen LogP contribution in [0.3, 0.4) is 0 Å². The van der Waals surface area contributed by atoms with Crippen molar-refractivity contribution in [3.8, 4) is 0 Å². The molecule has 1 aliphatic heterocycles. The quantitative estimate of drug-likeness (QED) is 0.467. The molecule has 1 saturated heterocycles. The molecule has 33 heavy (non-hydrogen) atoms. The highest BCUT2D eigenvalue weighted by molar-refractivity contribution is 7.89. The minimum atomic E-state index is -3.96. The number of carbonyl (C=O) groups is 1. The normalized spacial score (nSPS) is 16.2. The number of aliphatic hydroxyl groups is 1. The lowest BCUT2D eigenvalue weighted by molar-refractivity contribution is -0.134. The number of piperidine rings is 1. The van der Waals surface area contributed by atoms with Crippen LogP contribution in [0, 0.1) is 5.92 Å². The molecule has 0 radical (unpaired) electrons. The zero-order chi connectivity index (χ0) is 23.4. The van der Waals surface area contributed by atoms with Crippen molar-refractivity contribution in [3.63, 3.8) is 0 Å². The molecule has 2 heterocycles. The summed E-state index contributed by atoms with van der Waals surface area (Å²) in [6.07, 6.45) is 3.48. The van der Waals surface area contributed by atoms with E-state index in [9.17, 15) is 18.3 Å². The molecule has 4 rings (SSSR count). The number of carbonyl (C=O) groups excluding carboxylic acids is 1. The molecule has 9 heteroatoms. The second-order valence-electron chi connectivity index (χ2n) is 8.52. The maximum absolute atomic E-state index is 13.4. The summed E-state index contributed by atoms with van der Waals surface area (Å²) in [6.45, 7) is 1.51. The van der Waals surface area contributed by atoms with E-state index in [1.165, 1.54) is 0 Å². The Hall–Kier alpha value is -2.88. The first kappa shape index (κ1) is 23.3. The van der Waals surface area contributed by atoms with Crippen molar-refractivity contribution in [2.45, 2.75) is 36.7 Å². The summed E-state index contributed by atoms with van der Waals surface area (Å²) in [5.41, 5.74) is 5.96. The van der Waals surface area contributed by atoms with Crippen LogP contribution in [0.1, 0.15) is 19.3 Å². The highest BCUT2D eigenvalue weighted by atomic mass is 32.2. The number of sulfonamides is 1. The molecule has 1 atom stereocenters. The number of anilines is 1. The molecule has 1 amide bonds. The SMILES string of the molecule is Nc1cccn1CCC(NS(=O)(=O)c1cccc2ccccc12)C(=O)N1CCC(CO)CC1. The molecule has 0 aliphatic carbocycles. The van der Waals surface area contributed by atoms with E-state index in [1.54, 1.807) is 39.8 Å². The van der Waals surface area contributed by atoms with Gasteiger partial charge in [-0.05, 0) is 48.8 Å². The number of likely N-dealkylation sites (tertiary alicyclic amines) is 1. The lowest BCUT2D eigenvalue weighted by atomic mass is 9.97. The molecule has 0 saturated carbocycles. The Morgan fingerprint density at radius 3 is 2.52 bits per heavy atom. The van der Waals surface area contributed by atoms with Crippen LogP contribution >= 0.6 is 0 Å². The van der Waals surface area contributed by atoms with Gasteiger partial charge in [-0.1, -0.05) is 36.4 Å². The first-order valence-electron chi connectivity index (χ1n) is 11.2. The second-order valence-corrected chi connectivity index (χ2v) is 10.2. The zero-order valence-corrected chi connectivity index (χ0v) is 19.2. The molecule has 8 nitrogen and oxygen atoms in total. The number of nitrogen functional groups attached to an aromatic ring is 1. The summed E-state index contributed by atoms with van der Waals surface area (Å²) in [5.74, 6) is 0.488. The largest absolute Gasteiger partial charge is 0.396 e. The standard InChI is InChI=1S/C24H30N4O4S/c25-23-9-4-13-27(23)16-12-21(24(30)28-14-10-18(17-29)11-15-28)26-33(31,32)22-8-3-6-19-5-1-2-7-20(19)22/h1-9,13,18,21,26,29H,10-12,14-17,25H2. The Morgan fingerprint density at radius 2 is 1.82 bits per heavy atom. The average molecular weight is 471 g/mol. The van der Waals surface area contributed by atoms with E-state index in [0.717, 1.165) is 5.39 Å². The molecule has 0 spiro atoms. The topological polar surface area (TPSA) is 118 Å². The van der Waals surface area contributed by atoms with E-state index in [-0.39, 0.29) is 29.7 Å². The molecule has 1 aromatic heterocycles. The second kappa shape index (κ2) is 9.94. The molecule has 1 aliphatic rings. The molecule has 176 valence electrons. The average Bonchev–Trinajstić information content (AvgIpc) is 3.25.